The lowest BCUT2D eigenvalue weighted by molar-refractivity contribution is -0.128. The predicted molar refractivity (Wildman–Crippen MR) is 115 cm³/mol. The Morgan fingerprint density at radius 1 is 1.10 bits per heavy atom. The van der Waals surface area contributed by atoms with E-state index in [1.54, 1.807) is 12.1 Å². The van der Waals surface area contributed by atoms with Gasteiger partial charge in [-0.3, -0.25) is 9.59 Å². The molecule has 0 bridgehead atoms. The van der Waals surface area contributed by atoms with Gasteiger partial charge in [0.2, 0.25) is 5.91 Å². The van der Waals surface area contributed by atoms with Crippen molar-refractivity contribution in [3.8, 4) is 0 Å². The van der Waals surface area contributed by atoms with Gasteiger partial charge in [0, 0.05) is 16.6 Å². The summed E-state index contributed by atoms with van der Waals surface area (Å²) in [6.07, 6.45) is 0.828. The number of rotatable bonds is 6. The highest BCUT2D eigenvalue weighted by Gasteiger charge is 2.43. The lowest BCUT2D eigenvalue weighted by atomic mass is 10.1. The first kappa shape index (κ1) is 21.3. The lowest BCUT2D eigenvalue weighted by Gasteiger charge is -2.16. The molecule has 0 atom stereocenters. The van der Waals surface area contributed by atoms with Gasteiger partial charge in [0.25, 0.3) is 15.9 Å². The summed E-state index contributed by atoms with van der Waals surface area (Å²) < 4.78 is 27.5. The van der Waals surface area contributed by atoms with Crippen LogP contribution in [0.15, 0.2) is 58.6 Å². The van der Waals surface area contributed by atoms with E-state index in [-0.39, 0.29) is 17.0 Å². The van der Waals surface area contributed by atoms with Crippen LogP contribution in [-0.4, -0.2) is 31.1 Å². The van der Waals surface area contributed by atoms with Crippen molar-refractivity contribution in [2.24, 2.45) is 0 Å². The maximum atomic E-state index is 13.0. The molecule has 0 saturated heterocycles. The quantitative estimate of drug-likeness (QED) is 0.693. The van der Waals surface area contributed by atoms with Gasteiger partial charge in [0.05, 0.1) is 0 Å². The van der Waals surface area contributed by atoms with E-state index in [4.69, 9.17) is 0 Å². The number of halogens is 1. The molecule has 1 N–H and O–H groups in total. The number of nitrogens with one attached hydrogen (secondary N) is 1. The smallest absolute Gasteiger partial charge is 0.268 e. The second-order valence-corrected chi connectivity index (χ2v) is 9.44. The summed E-state index contributed by atoms with van der Waals surface area (Å²) in [6, 6.07) is 14.5. The molecule has 0 spiro atoms. The van der Waals surface area contributed by atoms with Crippen molar-refractivity contribution in [3.63, 3.8) is 0 Å². The van der Waals surface area contributed by atoms with Crippen molar-refractivity contribution >= 4 is 42.7 Å². The summed E-state index contributed by atoms with van der Waals surface area (Å²) in [5, 5.41) is 2.66. The average Bonchev–Trinajstić information content (AvgIpc) is 2.86. The number of aryl methyl sites for hydroxylation is 1. The largest absolute Gasteiger partial charge is 0.350 e. The number of carbonyl (C=O) groups excluding carboxylic acids is 2. The molecule has 1 heterocycles. The van der Waals surface area contributed by atoms with Gasteiger partial charge in [-0.05, 0) is 42.2 Å². The van der Waals surface area contributed by atoms with Gasteiger partial charge in [-0.2, -0.15) is 0 Å². The molecule has 2 amide bonds. The first-order valence-corrected chi connectivity index (χ1v) is 11.4. The van der Waals surface area contributed by atoms with E-state index < -0.39 is 28.4 Å². The number of hydrogen-bond acceptors (Lipinski definition) is 4. The maximum Gasteiger partial charge on any atom is 0.268 e. The monoisotopic (exact) mass is 476 g/mol. The molecule has 6 nitrogen and oxygen atoms in total. The van der Waals surface area contributed by atoms with Gasteiger partial charge in [0.15, 0.2) is 0 Å². The summed E-state index contributed by atoms with van der Waals surface area (Å²) in [5.74, 6) is -1.21. The first-order chi connectivity index (χ1) is 13.7. The molecule has 0 unspecified atom stereocenters. The third kappa shape index (κ3) is 4.43. The minimum absolute atomic E-state index is 0.0371. The zero-order valence-electron chi connectivity index (χ0n) is 16.1. The van der Waals surface area contributed by atoms with Crippen molar-refractivity contribution < 1.29 is 18.0 Å². The van der Waals surface area contributed by atoms with Crippen LogP contribution in [-0.2, 0) is 32.6 Å². The number of nitrogens with zero attached hydrogens (tertiary/aromatic N) is 1. The zero-order chi connectivity index (χ0) is 21.2. The molecule has 1 aliphatic heterocycles. The Balaban J connectivity index is 1.75. The van der Waals surface area contributed by atoms with Crippen molar-refractivity contribution in [2.45, 2.75) is 26.8 Å². The summed E-state index contributed by atoms with van der Waals surface area (Å²) >= 11 is 3.36. The van der Waals surface area contributed by atoms with Gasteiger partial charge in [0.1, 0.15) is 11.4 Å². The summed E-state index contributed by atoms with van der Waals surface area (Å²) in [7, 11) is -4.09. The van der Waals surface area contributed by atoms with E-state index in [0.29, 0.717) is 9.87 Å². The van der Waals surface area contributed by atoms with E-state index in [2.05, 4.69) is 21.2 Å². The van der Waals surface area contributed by atoms with Crippen LogP contribution in [0.1, 0.15) is 30.5 Å². The van der Waals surface area contributed by atoms with Crippen LogP contribution in [0.2, 0.25) is 0 Å². The molecule has 0 radical (unpaired) electrons. The number of carbonyl (C=O) groups is 2. The summed E-state index contributed by atoms with van der Waals surface area (Å²) in [5.41, 5.74) is 2.49. The topological polar surface area (TPSA) is 83.6 Å². The molecular formula is C21H21BrN2O4S. The Hall–Kier alpha value is -2.45. The van der Waals surface area contributed by atoms with Gasteiger partial charge < -0.3 is 5.32 Å². The number of sulfonamides is 1. The molecular weight excluding hydrogens is 456 g/mol. The van der Waals surface area contributed by atoms with Crippen LogP contribution in [0.3, 0.4) is 0 Å². The van der Waals surface area contributed by atoms with Gasteiger partial charge in [-0.15, -0.1) is 0 Å². The molecule has 152 valence electrons. The molecule has 2 aromatic rings. The number of hydrogen-bond donors (Lipinski definition) is 1. The molecule has 29 heavy (non-hydrogen) atoms. The van der Waals surface area contributed by atoms with E-state index in [9.17, 15) is 18.0 Å². The van der Waals surface area contributed by atoms with Gasteiger partial charge in [-0.1, -0.05) is 59.3 Å². The van der Waals surface area contributed by atoms with Crippen LogP contribution in [0.4, 0.5) is 0 Å². The minimum atomic E-state index is -4.09. The van der Waals surface area contributed by atoms with Gasteiger partial charge in [-0.25, -0.2) is 12.7 Å². The van der Waals surface area contributed by atoms with Crippen molar-refractivity contribution in [3.05, 3.63) is 75.3 Å². The van der Waals surface area contributed by atoms with Gasteiger partial charge >= 0.3 is 0 Å². The Labute approximate surface area is 178 Å². The molecule has 0 aromatic heterocycles. The van der Waals surface area contributed by atoms with Crippen LogP contribution >= 0.6 is 15.9 Å². The van der Waals surface area contributed by atoms with Crippen molar-refractivity contribution in [2.75, 3.05) is 6.54 Å². The number of amides is 2. The normalized spacial score (nSPS) is 15.7. The highest BCUT2D eigenvalue weighted by atomic mass is 79.9. The molecule has 0 aliphatic carbocycles. The minimum Gasteiger partial charge on any atom is -0.350 e. The third-order valence-electron chi connectivity index (χ3n) is 4.73. The first-order valence-electron chi connectivity index (χ1n) is 9.12. The van der Waals surface area contributed by atoms with E-state index >= 15 is 0 Å². The second kappa shape index (κ2) is 8.51. The molecule has 3 rings (SSSR count). The molecule has 1 aliphatic rings. The van der Waals surface area contributed by atoms with Crippen LogP contribution in [0.5, 0.6) is 0 Å². The van der Waals surface area contributed by atoms with Crippen LogP contribution in [0.25, 0.3) is 4.91 Å². The zero-order valence-corrected chi connectivity index (χ0v) is 18.5. The Morgan fingerprint density at radius 3 is 2.41 bits per heavy atom. The SMILES string of the molecule is CCc1ccc(C2=C(C)C(=O)N(CC(=O)NCc3cccc(Br)c3)S2(=O)=O)cc1. The summed E-state index contributed by atoms with van der Waals surface area (Å²) in [4.78, 5) is 24.9. The Bertz CT molecular complexity index is 1090. The standard InChI is InChI=1S/C21H21BrN2O4S/c1-3-15-7-9-17(10-8-15)20-14(2)21(26)24(29(20,27)28)13-19(25)23-12-16-5-4-6-18(22)11-16/h4-11H,3,12-13H2,1-2H3,(H,23,25). The Morgan fingerprint density at radius 2 is 1.79 bits per heavy atom. The third-order valence-corrected chi connectivity index (χ3v) is 7.15. The number of benzene rings is 2. The fourth-order valence-electron chi connectivity index (χ4n) is 3.14. The summed E-state index contributed by atoms with van der Waals surface area (Å²) in [6.45, 7) is 3.16. The van der Waals surface area contributed by atoms with E-state index in [0.717, 1.165) is 22.0 Å². The average molecular weight is 477 g/mol. The highest BCUT2D eigenvalue weighted by Crippen LogP contribution is 2.35. The molecule has 0 saturated carbocycles. The van der Waals surface area contributed by atoms with Crippen LogP contribution in [0, 0.1) is 0 Å². The molecule has 0 fully saturated rings. The molecule has 2 aromatic carbocycles. The van der Waals surface area contributed by atoms with Crippen molar-refractivity contribution in [1.29, 1.82) is 0 Å². The fraction of sp³-hybridized carbons (Fsp3) is 0.238. The second-order valence-electron chi connectivity index (χ2n) is 6.73. The van der Waals surface area contributed by atoms with E-state index in [1.807, 2.05) is 43.3 Å². The Kier molecular flexibility index (Phi) is 6.24. The van der Waals surface area contributed by atoms with Crippen LogP contribution < -0.4 is 5.32 Å². The predicted octanol–water partition coefficient (Wildman–Crippen LogP) is 3.23. The van der Waals surface area contributed by atoms with Crippen molar-refractivity contribution in [1.82, 2.24) is 9.62 Å². The highest BCUT2D eigenvalue weighted by molar-refractivity contribution is 9.10. The fourth-order valence-corrected chi connectivity index (χ4v) is 5.36. The maximum absolute atomic E-state index is 13.0. The lowest BCUT2D eigenvalue weighted by Crippen LogP contribution is -2.40. The molecule has 8 heteroatoms. The van der Waals surface area contributed by atoms with E-state index in [1.165, 1.54) is 6.92 Å².